The number of hydrogen-bond acceptors (Lipinski definition) is 6. The highest BCUT2D eigenvalue weighted by Gasteiger charge is 2.32. The fraction of sp³-hybridized carbons (Fsp3) is 0.636. The molecule has 2 heterocycles. The van der Waals surface area contributed by atoms with Crippen LogP contribution in [0.25, 0.3) is 0 Å². The van der Waals surface area contributed by atoms with Gasteiger partial charge in [-0.25, -0.2) is 0 Å². The number of nitriles is 1. The SMILES string of the molecule is N#C[C@@H]1CCCN1C(=O)[C@@H](N)Cc1ccc(C2CN(C3CCCCC3)N=N2)cc1. The predicted molar refractivity (Wildman–Crippen MR) is 110 cm³/mol. The average Bonchev–Trinajstić information content (AvgIpc) is 3.44. The number of hydrogen-bond donors (Lipinski definition) is 1. The molecule has 1 unspecified atom stereocenters. The Hall–Kier alpha value is -2.46. The highest BCUT2D eigenvalue weighted by molar-refractivity contribution is 5.82. The van der Waals surface area contributed by atoms with Crippen molar-refractivity contribution in [3.8, 4) is 6.07 Å². The van der Waals surface area contributed by atoms with Gasteiger partial charge in [-0.1, -0.05) is 48.8 Å². The fourth-order valence-corrected chi connectivity index (χ4v) is 4.75. The molecule has 1 amide bonds. The average molecular weight is 395 g/mol. The first-order valence-electron chi connectivity index (χ1n) is 10.9. The Morgan fingerprint density at radius 3 is 2.66 bits per heavy atom. The molecule has 29 heavy (non-hydrogen) atoms. The summed E-state index contributed by atoms with van der Waals surface area (Å²) in [5.74, 6) is -0.120. The molecule has 4 rings (SSSR count). The summed E-state index contributed by atoms with van der Waals surface area (Å²) in [6.45, 7) is 1.49. The number of amides is 1. The lowest BCUT2D eigenvalue weighted by Crippen LogP contribution is -2.46. The molecule has 1 aromatic rings. The first kappa shape index (κ1) is 19.8. The molecule has 0 bridgehead atoms. The summed E-state index contributed by atoms with van der Waals surface area (Å²) in [6, 6.07) is 10.1. The molecular formula is C22H30N6O. The van der Waals surface area contributed by atoms with Crippen molar-refractivity contribution in [1.29, 1.82) is 5.26 Å². The van der Waals surface area contributed by atoms with Crippen LogP contribution in [0.4, 0.5) is 0 Å². The Balaban J connectivity index is 1.32. The number of rotatable bonds is 5. The van der Waals surface area contributed by atoms with Crippen LogP contribution in [0, 0.1) is 11.3 Å². The van der Waals surface area contributed by atoms with Crippen molar-refractivity contribution in [3.63, 3.8) is 0 Å². The molecule has 3 aliphatic rings. The summed E-state index contributed by atoms with van der Waals surface area (Å²) in [4.78, 5) is 14.2. The van der Waals surface area contributed by atoms with Crippen molar-refractivity contribution in [2.24, 2.45) is 16.1 Å². The van der Waals surface area contributed by atoms with Gasteiger partial charge in [0.15, 0.2) is 0 Å². The van der Waals surface area contributed by atoms with Crippen molar-refractivity contribution in [2.45, 2.75) is 75.5 Å². The van der Waals surface area contributed by atoms with Crippen LogP contribution in [0.2, 0.25) is 0 Å². The Kier molecular flexibility index (Phi) is 6.10. The van der Waals surface area contributed by atoms with E-state index in [1.165, 1.54) is 32.1 Å². The van der Waals surface area contributed by atoms with E-state index in [4.69, 9.17) is 5.73 Å². The molecule has 1 saturated heterocycles. The number of nitrogens with zero attached hydrogens (tertiary/aromatic N) is 5. The summed E-state index contributed by atoms with van der Waals surface area (Å²) in [7, 11) is 0. The molecule has 1 aliphatic carbocycles. The van der Waals surface area contributed by atoms with Crippen molar-refractivity contribution < 1.29 is 4.79 Å². The second kappa shape index (κ2) is 8.91. The van der Waals surface area contributed by atoms with Gasteiger partial charge in [-0.3, -0.25) is 9.80 Å². The third-order valence-electron chi connectivity index (χ3n) is 6.48. The van der Waals surface area contributed by atoms with E-state index < -0.39 is 6.04 Å². The number of carbonyl (C=O) groups excluding carboxylic acids is 1. The van der Waals surface area contributed by atoms with E-state index >= 15 is 0 Å². The number of nitrogens with two attached hydrogens (primary N) is 1. The zero-order chi connectivity index (χ0) is 20.2. The van der Waals surface area contributed by atoms with Crippen molar-refractivity contribution in [3.05, 3.63) is 35.4 Å². The van der Waals surface area contributed by atoms with E-state index in [0.29, 0.717) is 19.0 Å². The van der Waals surface area contributed by atoms with Crippen molar-refractivity contribution in [1.82, 2.24) is 9.91 Å². The second-order valence-electron chi connectivity index (χ2n) is 8.51. The highest BCUT2D eigenvalue weighted by atomic mass is 16.2. The zero-order valence-corrected chi connectivity index (χ0v) is 16.9. The molecule has 2 aliphatic heterocycles. The molecule has 0 aromatic heterocycles. The molecule has 0 spiro atoms. The fourth-order valence-electron chi connectivity index (χ4n) is 4.75. The summed E-state index contributed by atoms with van der Waals surface area (Å²) < 4.78 is 0. The summed E-state index contributed by atoms with van der Waals surface area (Å²) in [5, 5.41) is 20.3. The van der Waals surface area contributed by atoms with E-state index in [2.05, 4.69) is 33.5 Å². The van der Waals surface area contributed by atoms with E-state index in [0.717, 1.165) is 30.5 Å². The van der Waals surface area contributed by atoms with E-state index in [-0.39, 0.29) is 18.0 Å². The molecule has 0 radical (unpaired) electrons. The zero-order valence-electron chi connectivity index (χ0n) is 16.9. The van der Waals surface area contributed by atoms with Crippen LogP contribution in [-0.4, -0.2) is 47.0 Å². The largest absolute Gasteiger partial charge is 0.325 e. The van der Waals surface area contributed by atoms with Crippen LogP contribution in [-0.2, 0) is 11.2 Å². The maximum absolute atomic E-state index is 12.6. The van der Waals surface area contributed by atoms with Crippen LogP contribution in [0.5, 0.6) is 0 Å². The van der Waals surface area contributed by atoms with Gasteiger partial charge in [-0.15, -0.1) is 0 Å². The summed E-state index contributed by atoms with van der Waals surface area (Å²) in [5.41, 5.74) is 8.35. The predicted octanol–water partition coefficient (Wildman–Crippen LogP) is 3.13. The minimum absolute atomic E-state index is 0.0854. The molecule has 3 atom stereocenters. The van der Waals surface area contributed by atoms with Gasteiger partial charge in [0.05, 0.1) is 18.7 Å². The smallest absolute Gasteiger partial charge is 0.240 e. The van der Waals surface area contributed by atoms with E-state index in [9.17, 15) is 10.1 Å². The Morgan fingerprint density at radius 1 is 1.17 bits per heavy atom. The minimum atomic E-state index is -0.609. The molecule has 1 saturated carbocycles. The molecule has 7 nitrogen and oxygen atoms in total. The third kappa shape index (κ3) is 4.43. The first-order valence-corrected chi connectivity index (χ1v) is 10.9. The van der Waals surface area contributed by atoms with Gasteiger partial charge in [-0.2, -0.15) is 10.4 Å². The van der Waals surface area contributed by atoms with Gasteiger partial charge in [0.25, 0.3) is 0 Å². The topological polar surface area (TPSA) is 98.1 Å². The Bertz CT molecular complexity index is 779. The molecule has 7 heteroatoms. The maximum Gasteiger partial charge on any atom is 0.240 e. The van der Waals surface area contributed by atoms with Gasteiger partial charge in [-0.05, 0) is 43.2 Å². The van der Waals surface area contributed by atoms with Gasteiger partial charge in [0, 0.05) is 12.6 Å². The molecule has 1 aromatic carbocycles. The minimum Gasteiger partial charge on any atom is -0.325 e. The quantitative estimate of drug-likeness (QED) is 0.829. The van der Waals surface area contributed by atoms with Crippen LogP contribution in [0.15, 0.2) is 34.6 Å². The van der Waals surface area contributed by atoms with Crippen LogP contribution in [0.1, 0.15) is 62.1 Å². The van der Waals surface area contributed by atoms with Crippen molar-refractivity contribution in [2.75, 3.05) is 13.1 Å². The number of likely N-dealkylation sites (tertiary alicyclic amines) is 1. The molecule has 2 N–H and O–H groups in total. The standard InChI is InChI=1S/C22H30N6O/c23-14-19-7-4-12-27(19)22(29)20(24)13-16-8-10-17(11-9-16)21-15-28(26-25-21)18-5-2-1-3-6-18/h8-11,18-21H,1-7,12-13,15,24H2/t19-,20-,21?/m0/s1. The Labute approximate surface area is 172 Å². The van der Waals surface area contributed by atoms with E-state index in [1.807, 2.05) is 12.1 Å². The Morgan fingerprint density at radius 2 is 1.93 bits per heavy atom. The number of benzene rings is 1. The first-order chi connectivity index (χ1) is 14.2. The van der Waals surface area contributed by atoms with Gasteiger partial charge in [0.2, 0.25) is 5.91 Å². The second-order valence-corrected chi connectivity index (χ2v) is 8.51. The summed E-state index contributed by atoms with van der Waals surface area (Å²) >= 11 is 0. The van der Waals surface area contributed by atoms with Crippen LogP contribution >= 0.6 is 0 Å². The molecular weight excluding hydrogens is 364 g/mol. The third-order valence-corrected chi connectivity index (χ3v) is 6.48. The molecule has 154 valence electrons. The highest BCUT2D eigenvalue weighted by Crippen LogP contribution is 2.31. The van der Waals surface area contributed by atoms with Crippen LogP contribution in [0.3, 0.4) is 0 Å². The molecule has 2 fully saturated rings. The van der Waals surface area contributed by atoms with Crippen LogP contribution < -0.4 is 5.73 Å². The lowest BCUT2D eigenvalue weighted by atomic mass is 9.94. The number of carbonyl (C=O) groups is 1. The lowest BCUT2D eigenvalue weighted by molar-refractivity contribution is -0.132. The monoisotopic (exact) mass is 394 g/mol. The summed E-state index contributed by atoms with van der Waals surface area (Å²) in [6.07, 6.45) is 8.47. The van der Waals surface area contributed by atoms with Gasteiger partial charge < -0.3 is 10.6 Å². The lowest BCUT2D eigenvalue weighted by Gasteiger charge is -2.28. The normalized spacial score (nSPS) is 25.9. The van der Waals surface area contributed by atoms with E-state index in [1.54, 1.807) is 4.90 Å². The van der Waals surface area contributed by atoms with Crippen molar-refractivity contribution >= 4 is 5.91 Å². The van der Waals surface area contributed by atoms with Gasteiger partial charge >= 0.3 is 0 Å². The van der Waals surface area contributed by atoms with Gasteiger partial charge in [0.1, 0.15) is 12.1 Å². The maximum atomic E-state index is 12.6.